The van der Waals surface area contributed by atoms with E-state index < -0.39 is 5.97 Å². The molecule has 164 valence electrons. The Bertz CT molecular complexity index is 925. The van der Waals surface area contributed by atoms with Gasteiger partial charge in [-0.2, -0.15) is 0 Å². The zero-order valence-electron chi connectivity index (χ0n) is 17.7. The van der Waals surface area contributed by atoms with E-state index in [9.17, 15) is 14.4 Å². The number of benzene rings is 2. The van der Waals surface area contributed by atoms with Crippen molar-refractivity contribution in [2.75, 3.05) is 24.7 Å². The van der Waals surface area contributed by atoms with Gasteiger partial charge < -0.3 is 15.4 Å². The second kappa shape index (κ2) is 11.6. The number of rotatable bonds is 8. The van der Waals surface area contributed by atoms with Gasteiger partial charge in [0.2, 0.25) is 5.91 Å². The lowest BCUT2D eigenvalue weighted by Gasteiger charge is -2.21. The first-order valence-corrected chi connectivity index (χ1v) is 11.5. The summed E-state index contributed by atoms with van der Waals surface area (Å²) in [5.74, 6) is 0.0616. The van der Waals surface area contributed by atoms with E-state index in [0.29, 0.717) is 22.7 Å². The van der Waals surface area contributed by atoms with Crippen molar-refractivity contribution in [1.29, 1.82) is 0 Å². The molecule has 0 aliphatic heterocycles. The molecular formula is C24H28N2O4S. The van der Waals surface area contributed by atoms with E-state index in [1.54, 1.807) is 36.4 Å². The highest BCUT2D eigenvalue weighted by Crippen LogP contribution is 2.25. The second-order valence-electron chi connectivity index (χ2n) is 7.62. The van der Waals surface area contributed by atoms with Crippen LogP contribution in [0.4, 0.5) is 5.69 Å². The smallest absolute Gasteiger partial charge is 0.337 e. The fourth-order valence-corrected chi connectivity index (χ4v) is 4.54. The average molecular weight is 441 g/mol. The van der Waals surface area contributed by atoms with Crippen LogP contribution in [0.5, 0.6) is 0 Å². The topological polar surface area (TPSA) is 84.5 Å². The maximum absolute atomic E-state index is 12.8. The van der Waals surface area contributed by atoms with Gasteiger partial charge in [0.05, 0.1) is 24.0 Å². The van der Waals surface area contributed by atoms with Gasteiger partial charge >= 0.3 is 5.97 Å². The number of nitrogens with one attached hydrogen (secondary N) is 2. The maximum atomic E-state index is 12.8. The first-order chi connectivity index (χ1) is 15.1. The lowest BCUT2D eigenvalue weighted by atomic mass is 9.89. The van der Waals surface area contributed by atoms with Crippen molar-refractivity contribution in [2.45, 2.75) is 37.0 Å². The van der Waals surface area contributed by atoms with Crippen molar-refractivity contribution in [3.8, 4) is 0 Å². The molecule has 31 heavy (non-hydrogen) atoms. The van der Waals surface area contributed by atoms with Crippen LogP contribution in [-0.2, 0) is 9.53 Å². The Morgan fingerprint density at radius 2 is 1.81 bits per heavy atom. The molecule has 0 spiro atoms. The van der Waals surface area contributed by atoms with Gasteiger partial charge in [-0.05, 0) is 49.1 Å². The zero-order chi connectivity index (χ0) is 22.1. The Balaban J connectivity index is 1.57. The lowest BCUT2D eigenvalue weighted by Crippen LogP contribution is -2.31. The van der Waals surface area contributed by atoms with Crippen LogP contribution in [0.25, 0.3) is 0 Å². The number of carbonyl (C=O) groups excluding carboxylic acids is 3. The molecule has 0 saturated heterocycles. The minimum atomic E-state index is -0.466. The second-order valence-corrected chi connectivity index (χ2v) is 8.64. The predicted molar refractivity (Wildman–Crippen MR) is 122 cm³/mol. The van der Waals surface area contributed by atoms with Crippen LogP contribution in [0, 0.1) is 5.92 Å². The normalized spacial score (nSPS) is 14.0. The number of amides is 2. The summed E-state index contributed by atoms with van der Waals surface area (Å²) >= 11 is 1.35. The first kappa shape index (κ1) is 22.9. The molecule has 2 aromatic carbocycles. The molecule has 0 aromatic heterocycles. The minimum Gasteiger partial charge on any atom is -0.465 e. The SMILES string of the molecule is COC(=O)c1cccc(NC(=O)c2ccccc2SCC(=O)NCC2CCCCC2)c1. The van der Waals surface area contributed by atoms with E-state index in [1.165, 1.54) is 51.0 Å². The molecule has 6 nitrogen and oxygen atoms in total. The van der Waals surface area contributed by atoms with Gasteiger partial charge in [0.1, 0.15) is 0 Å². The Morgan fingerprint density at radius 1 is 1.03 bits per heavy atom. The standard InChI is InChI=1S/C24H28N2O4S/c1-30-24(29)18-10-7-11-19(14-18)26-23(28)20-12-5-6-13-21(20)31-16-22(27)25-15-17-8-3-2-4-9-17/h5-7,10-14,17H,2-4,8-9,15-16H2,1H3,(H,25,27)(H,26,28). The number of methoxy groups -OCH3 is 1. The largest absolute Gasteiger partial charge is 0.465 e. The van der Waals surface area contributed by atoms with Crippen LogP contribution in [0.15, 0.2) is 53.4 Å². The molecule has 1 aliphatic carbocycles. The Hall–Kier alpha value is -2.80. The third-order valence-corrected chi connectivity index (χ3v) is 6.42. The van der Waals surface area contributed by atoms with Gasteiger partial charge in [0.25, 0.3) is 5.91 Å². The number of anilines is 1. The molecule has 0 radical (unpaired) electrons. The van der Waals surface area contributed by atoms with Crippen molar-refractivity contribution in [1.82, 2.24) is 5.32 Å². The summed E-state index contributed by atoms with van der Waals surface area (Å²) in [7, 11) is 1.31. The summed E-state index contributed by atoms with van der Waals surface area (Å²) in [6, 6.07) is 13.8. The quantitative estimate of drug-likeness (QED) is 0.466. The van der Waals surface area contributed by atoms with Crippen molar-refractivity contribution in [2.24, 2.45) is 5.92 Å². The van der Waals surface area contributed by atoms with E-state index in [0.717, 1.165) is 11.4 Å². The molecule has 1 fully saturated rings. The lowest BCUT2D eigenvalue weighted by molar-refractivity contribution is -0.118. The predicted octanol–water partition coefficient (Wildman–Crippen LogP) is 4.51. The van der Waals surface area contributed by atoms with Crippen LogP contribution >= 0.6 is 11.8 Å². The minimum absolute atomic E-state index is 0.0171. The summed E-state index contributed by atoms with van der Waals surface area (Å²) in [5, 5.41) is 5.84. The fourth-order valence-electron chi connectivity index (χ4n) is 3.66. The van der Waals surface area contributed by atoms with E-state index in [4.69, 9.17) is 4.74 Å². The van der Waals surface area contributed by atoms with E-state index in [1.807, 2.05) is 12.1 Å². The van der Waals surface area contributed by atoms with Gasteiger partial charge in [0, 0.05) is 17.1 Å². The van der Waals surface area contributed by atoms with Crippen molar-refractivity contribution in [3.63, 3.8) is 0 Å². The highest BCUT2D eigenvalue weighted by molar-refractivity contribution is 8.00. The van der Waals surface area contributed by atoms with Crippen molar-refractivity contribution >= 4 is 35.2 Å². The number of ether oxygens (including phenoxy) is 1. The summed E-state index contributed by atoms with van der Waals surface area (Å²) < 4.78 is 4.72. The first-order valence-electron chi connectivity index (χ1n) is 10.5. The van der Waals surface area contributed by atoms with Crippen LogP contribution in [0.2, 0.25) is 0 Å². The third kappa shape index (κ3) is 6.85. The zero-order valence-corrected chi connectivity index (χ0v) is 18.5. The number of carbonyl (C=O) groups is 3. The molecule has 2 amide bonds. The number of hydrogen-bond acceptors (Lipinski definition) is 5. The highest BCUT2D eigenvalue weighted by Gasteiger charge is 2.16. The summed E-state index contributed by atoms with van der Waals surface area (Å²) in [6.45, 7) is 0.734. The van der Waals surface area contributed by atoms with Gasteiger partial charge in [0.15, 0.2) is 0 Å². The van der Waals surface area contributed by atoms with E-state index in [2.05, 4.69) is 10.6 Å². The molecule has 2 N–H and O–H groups in total. The van der Waals surface area contributed by atoms with Crippen LogP contribution < -0.4 is 10.6 Å². The van der Waals surface area contributed by atoms with Crippen LogP contribution in [0.3, 0.4) is 0 Å². The third-order valence-electron chi connectivity index (χ3n) is 5.34. The van der Waals surface area contributed by atoms with Gasteiger partial charge in [-0.3, -0.25) is 9.59 Å². The average Bonchev–Trinajstić information content (AvgIpc) is 2.81. The highest BCUT2D eigenvalue weighted by atomic mass is 32.2. The van der Waals surface area contributed by atoms with Crippen LogP contribution in [-0.4, -0.2) is 37.2 Å². The molecule has 7 heteroatoms. The van der Waals surface area contributed by atoms with Gasteiger partial charge in [-0.25, -0.2) is 4.79 Å². The molecule has 0 unspecified atom stereocenters. The Labute approximate surface area is 187 Å². The Morgan fingerprint density at radius 3 is 2.58 bits per heavy atom. The molecular weight excluding hydrogens is 412 g/mol. The van der Waals surface area contributed by atoms with Crippen molar-refractivity contribution < 1.29 is 19.1 Å². The number of esters is 1. The summed E-state index contributed by atoms with van der Waals surface area (Å²) in [5.41, 5.74) is 1.34. The molecule has 3 rings (SSSR count). The van der Waals surface area contributed by atoms with Crippen LogP contribution in [0.1, 0.15) is 52.8 Å². The molecule has 0 heterocycles. The maximum Gasteiger partial charge on any atom is 0.337 e. The van der Waals surface area contributed by atoms with Gasteiger partial charge in [-0.1, -0.05) is 37.5 Å². The van der Waals surface area contributed by atoms with Gasteiger partial charge in [-0.15, -0.1) is 11.8 Å². The molecule has 0 bridgehead atoms. The summed E-state index contributed by atoms with van der Waals surface area (Å²) in [6.07, 6.45) is 6.17. The molecule has 0 atom stereocenters. The Kier molecular flexibility index (Phi) is 8.53. The summed E-state index contributed by atoms with van der Waals surface area (Å²) in [4.78, 5) is 37.5. The number of hydrogen-bond donors (Lipinski definition) is 2. The fraction of sp³-hybridized carbons (Fsp3) is 0.375. The molecule has 2 aromatic rings. The van der Waals surface area contributed by atoms with E-state index in [-0.39, 0.29) is 17.6 Å². The molecule has 1 aliphatic rings. The van der Waals surface area contributed by atoms with E-state index >= 15 is 0 Å². The monoisotopic (exact) mass is 440 g/mol. The molecule has 1 saturated carbocycles. The van der Waals surface area contributed by atoms with Crippen molar-refractivity contribution in [3.05, 3.63) is 59.7 Å². The number of thioether (sulfide) groups is 1.